The highest BCUT2D eigenvalue weighted by Gasteiger charge is 2.08. The fraction of sp³-hybridized carbons (Fsp3) is 0.100. The maximum atomic E-state index is 11.1. The minimum Gasteiger partial charge on any atom is -0.464 e. The summed E-state index contributed by atoms with van der Waals surface area (Å²) in [5.74, 6) is -0.358. The second-order valence-corrected chi connectivity index (χ2v) is 2.85. The SMILES string of the molecule is COC(=O)c1cc(-n2cccc2)c[nH]1. The number of nitrogens with zero attached hydrogens (tertiary/aromatic N) is 1. The lowest BCUT2D eigenvalue weighted by Gasteiger charge is -1.95. The Hall–Kier alpha value is -1.97. The average Bonchev–Trinajstić information content (AvgIpc) is 2.86. The smallest absolute Gasteiger partial charge is 0.354 e. The Morgan fingerprint density at radius 1 is 1.43 bits per heavy atom. The zero-order chi connectivity index (χ0) is 9.97. The summed E-state index contributed by atoms with van der Waals surface area (Å²) in [6, 6.07) is 5.58. The van der Waals surface area contributed by atoms with Crippen molar-refractivity contribution in [3.8, 4) is 5.69 Å². The number of methoxy groups -OCH3 is 1. The van der Waals surface area contributed by atoms with Crippen molar-refractivity contribution >= 4 is 5.97 Å². The van der Waals surface area contributed by atoms with E-state index >= 15 is 0 Å². The molecule has 4 heteroatoms. The van der Waals surface area contributed by atoms with E-state index in [4.69, 9.17) is 0 Å². The van der Waals surface area contributed by atoms with E-state index in [-0.39, 0.29) is 5.97 Å². The molecule has 0 aliphatic heterocycles. The molecule has 0 unspecified atom stereocenters. The Morgan fingerprint density at radius 3 is 2.79 bits per heavy atom. The fourth-order valence-electron chi connectivity index (χ4n) is 1.27. The molecule has 0 saturated heterocycles. The third-order valence-electron chi connectivity index (χ3n) is 1.98. The molecular formula is C10H10N2O2. The summed E-state index contributed by atoms with van der Waals surface area (Å²) in [5.41, 5.74) is 1.37. The molecule has 2 rings (SSSR count). The summed E-state index contributed by atoms with van der Waals surface area (Å²) < 4.78 is 6.49. The van der Waals surface area contributed by atoms with E-state index in [1.165, 1.54) is 7.11 Å². The number of hydrogen-bond donors (Lipinski definition) is 1. The van der Waals surface area contributed by atoms with E-state index in [0.29, 0.717) is 5.69 Å². The van der Waals surface area contributed by atoms with Crippen molar-refractivity contribution < 1.29 is 9.53 Å². The lowest BCUT2D eigenvalue weighted by Crippen LogP contribution is -2.00. The molecule has 0 saturated carbocycles. The first-order valence-electron chi connectivity index (χ1n) is 4.21. The van der Waals surface area contributed by atoms with Crippen molar-refractivity contribution in [2.24, 2.45) is 0 Å². The Kier molecular flexibility index (Phi) is 2.10. The molecule has 1 N–H and O–H groups in total. The van der Waals surface area contributed by atoms with Crippen LogP contribution in [0.2, 0.25) is 0 Å². The summed E-state index contributed by atoms with van der Waals surface area (Å²) in [6.45, 7) is 0. The van der Waals surface area contributed by atoms with Gasteiger partial charge in [-0.2, -0.15) is 0 Å². The number of carbonyl (C=O) groups is 1. The van der Waals surface area contributed by atoms with Crippen LogP contribution in [0.5, 0.6) is 0 Å². The van der Waals surface area contributed by atoms with Gasteiger partial charge in [0.15, 0.2) is 0 Å². The monoisotopic (exact) mass is 190 g/mol. The number of aromatic nitrogens is 2. The molecule has 0 aliphatic rings. The Balaban J connectivity index is 2.31. The number of hydrogen-bond acceptors (Lipinski definition) is 2. The van der Waals surface area contributed by atoms with Gasteiger partial charge in [0.25, 0.3) is 0 Å². The molecule has 0 aliphatic carbocycles. The maximum absolute atomic E-state index is 11.1. The van der Waals surface area contributed by atoms with Crippen LogP contribution in [0.4, 0.5) is 0 Å². The number of aromatic amines is 1. The van der Waals surface area contributed by atoms with Crippen LogP contribution in [-0.4, -0.2) is 22.6 Å². The minimum absolute atomic E-state index is 0.358. The highest BCUT2D eigenvalue weighted by Crippen LogP contribution is 2.10. The largest absolute Gasteiger partial charge is 0.464 e. The quantitative estimate of drug-likeness (QED) is 0.731. The number of ether oxygens (including phenoxy) is 1. The van der Waals surface area contributed by atoms with Gasteiger partial charge in [-0.3, -0.25) is 0 Å². The van der Waals surface area contributed by atoms with Gasteiger partial charge in [-0.15, -0.1) is 0 Å². The number of nitrogens with one attached hydrogen (secondary N) is 1. The predicted octanol–water partition coefficient (Wildman–Crippen LogP) is 1.59. The highest BCUT2D eigenvalue weighted by atomic mass is 16.5. The molecule has 0 spiro atoms. The molecule has 0 bridgehead atoms. The first-order chi connectivity index (χ1) is 6.81. The van der Waals surface area contributed by atoms with Gasteiger partial charge in [-0.1, -0.05) is 0 Å². The van der Waals surface area contributed by atoms with E-state index in [2.05, 4.69) is 9.72 Å². The first kappa shape index (κ1) is 8.62. The van der Waals surface area contributed by atoms with Crippen LogP contribution in [0.1, 0.15) is 10.5 Å². The van der Waals surface area contributed by atoms with Gasteiger partial charge in [0.1, 0.15) is 5.69 Å². The number of esters is 1. The minimum atomic E-state index is -0.358. The van der Waals surface area contributed by atoms with E-state index in [9.17, 15) is 4.79 Å². The van der Waals surface area contributed by atoms with Crippen LogP contribution in [0.25, 0.3) is 5.69 Å². The molecule has 2 heterocycles. The normalized spacial score (nSPS) is 10.1. The van der Waals surface area contributed by atoms with Crippen molar-refractivity contribution in [3.05, 3.63) is 42.5 Å². The van der Waals surface area contributed by atoms with Crippen LogP contribution in [0.3, 0.4) is 0 Å². The molecule has 0 atom stereocenters. The topological polar surface area (TPSA) is 47.0 Å². The van der Waals surface area contributed by atoms with Crippen molar-refractivity contribution in [2.75, 3.05) is 7.11 Å². The van der Waals surface area contributed by atoms with Gasteiger partial charge in [-0.05, 0) is 18.2 Å². The van der Waals surface area contributed by atoms with E-state index in [0.717, 1.165) is 5.69 Å². The van der Waals surface area contributed by atoms with E-state index < -0.39 is 0 Å². The molecule has 0 aromatic carbocycles. The third kappa shape index (κ3) is 1.42. The molecule has 4 nitrogen and oxygen atoms in total. The zero-order valence-corrected chi connectivity index (χ0v) is 7.73. The maximum Gasteiger partial charge on any atom is 0.354 e. The molecule has 72 valence electrons. The van der Waals surface area contributed by atoms with Crippen molar-refractivity contribution in [3.63, 3.8) is 0 Å². The number of carbonyl (C=O) groups excluding carboxylic acids is 1. The van der Waals surface area contributed by atoms with E-state index in [1.807, 2.05) is 29.1 Å². The van der Waals surface area contributed by atoms with Crippen LogP contribution in [-0.2, 0) is 4.74 Å². The molecule has 0 radical (unpaired) electrons. The summed E-state index contributed by atoms with van der Waals surface area (Å²) in [6.07, 6.45) is 5.57. The van der Waals surface area contributed by atoms with Gasteiger partial charge in [0.05, 0.1) is 12.8 Å². The highest BCUT2D eigenvalue weighted by molar-refractivity contribution is 5.88. The van der Waals surface area contributed by atoms with E-state index in [1.54, 1.807) is 12.3 Å². The molecule has 2 aromatic rings. The van der Waals surface area contributed by atoms with Crippen LogP contribution in [0, 0.1) is 0 Å². The molecule has 2 aromatic heterocycles. The number of rotatable bonds is 2. The lowest BCUT2D eigenvalue weighted by molar-refractivity contribution is 0.0595. The van der Waals surface area contributed by atoms with Crippen molar-refractivity contribution in [2.45, 2.75) is 0 Å². The van der Waals surface area contributed by atoms with Crippen molar-refractivity contribution in [1.82, 2.24) is 9.55 Å². The van der Waals surface area contributed by atoms with Crippen LogP contribution >= 0.6 is 0 Å². The molecular weight excluding hydrogens is 180 g/mol. The predicted molar refractivity (Wildman–Crippen MR) is 51.5 cm³/mol. The first-order valence-corrected chi connectivity index (χ1v) is 4.21. The van der Waals surface area contributed by atoms with Gasteiger partial charge in [0.2, 0.25) is 0 Å². The van der Waals surface area contributed by atoms with Crippen LogP contribution < -0.4 is 0 Å². The van der Waals surface area contributed by atoms with Gasteiger partial charge >= 0.3 is 5.97 Å². The Bertz CT molecular complexity index is 429. The fourth-order valence-corrected chi connectivity index (χ4v) is 1.27. The standard InChI is InChI=1S/C10H10N2O2/c1-14-10(13)9-6-8(7-11-9)12-4-2-3-5-12/h2-7,11H,1H3. The summed E-state index contributed by atoms with van der Waals surface area (Å²) in [4.78, 5) is 14.0. The lowest BCUT2D eigenvalue weighted by atomic mass is 10.4. The molecule has 0 amide bonds. The summed E-state index contributed by atoms with van der Waals surface area (Å²) in [7, 11) is 1.36. The molecule has 14 heavy (non-hydrogen) atoms. The number of H-pyrrole nitrogens is 1. The second kappa shape index (κ2) is 3.41. The average molecular weight is 190 g/mol. The summed E-state index contributed by atoms with van der Waals surface area (Å²) >= 11 is 0. The molecule has 0 fully saturated rings. The Morgan fingerprint density at radius 2 is 2.14 bits per heavy atom. The van der Waals surface area contributed by atoms with Gasteiger partial charge < -0.3 is 14.3 Å². The van der Waals surface area contributed by atoms with Gasteiger partial charge in [-0.25, -0.2) is 4.79 Å². The van der Waals surface area contributed by atoms with Crippen LogP contribution in [0.15, 0.2) is 36.8 Å². The zero-order valence-electron chi connectivity index (χ0n) is 7.73. The van der Waals surface area contributed by atoms with Crippen molar-refractivity contribution in [1.29, 1.82) is 0 Å². The Labute approximate surface area is 81.1 Å². The van der Waals surface area contributed by atoms with Gasteiger partial charge in [0, 0.05) is 18.6 Å². The summed E-state index contributed by atoms with van der Waals surface area (Å²) in [5, 5.41) is 0. The second-order valence-electron chi connectivity index (χ2n) is 2.85. The third-order valence-corrected chi connectivity index (χ3v) is 1.98.